The van der Waals surface area contributed by atoms with Crippen molar-refractivity contribution in [2.24, 2.45) is 0 Å². The van der Waals surface area contributed by atoms with Gasteiger partial charge in [0.05, 0.1) is 11.4 Å². The smallest absolute Gasteiger partial charge is 0.736 e. The summed E-state index contributed by atoms with van der Waals surface area (Å²) in [5.41, 5.74) is 2.98. The number of hydrogen-bond donors (Lipinski definition) is 2. The molecule has 0 bridgehead atoms. The van der Waals surface area contributed by atoms with Crippen molar-refractivity contribution in [2.75, 3.05) is 10.6 Å². The maximum atomic E-state index is 12.8. The first-order valence-electron chi connectivity index (χ1n) is 14.2. The second kappa shape index (κ2) is 17.0. The molecule has 0 radical (unpaired) electrons. The third kappa shape index (κ3) is 11.1. The molecule has 0 aromatic heterocycles. The average Bonchev–Trinajstić information content (AvgIpc) is 2.98. The number of hydrogen-bond acceptors (Lipinski definition) is 8. The molecular weight excluding hydrogens is 618 g/mol. The van der Waals surface area contributed by atoms with Gasteiger partial charge in [-0.3, -0.25) is 19.2 Å². The third-order valence-electron chi connectivity index (χ3n) is 6.59. The fourth-order valence-corrected chi connectivity index (χ4v) is 5.41. The molecule has 0 aliphatic carbocycles. The van der Waals surface area contributed by atoms with Crippen molar-refractivity contribution in [1.82, 2.24) is 0 Å². The van der Waals surface area contributed by atoms with Crippen molar-refractivity contribution in [3.05, 3.63) is 119 Å². The van der Waals surface area contributed by atoms with Gasteiger partial charge in [-0.25, -0.2) is 4.57 Å². The zero-order chi connectivity index (χ0) is 32.4. The summed E-state index contributed by atoms with van der Waals surface area (Å²) >= 11 is 0. The minimum Gasteiger partial charge on any atom is -0.736 e. The van der Waals surface area contributed by atoms with E-state index in [9.17, 15) is 28.6 Å². The predicted molar refractivity (Wildman–Crippen MR) is 169 cm³/mol. The van der Waals surface area contributed by atoms with Crippen LogP contribution >= 0.6 is 7.82 Å². The Morgan fingerprint density at radius 1 is 0.630 bits per heavy atom. The van der Waals surface area contributed by atoms with Crippen LogP contribution in [-0.4, -0.2) is 23.4 Å². The van der Waals surface area contributed by atoms with Crippen LogP contribution in [0.1, 0.15) is 58.5 Å². The van der Waals surface area contributed by atoms with Crippen molar-refractivity contribution in [3.63, 3.8) is 0 Å². The number of Topliss-reactive ketones (excluding diaryl/α,β-unsaturated/α-hetero) is 2. The van der Waals surface area contributed by atoms with E-state index in [2.05, 4.69) is 10.6 Å². The first-order chi connectivity index (χ1) is 21.5. The number of phosphoric ester groups is 1. The number of phosphoric acid groups is 1. The molecular formula is C34H32N2NaO8P. The van der Waals surface area contributed by atoms with E-state index in [1.54, 1.807) is 72.8 Å². The van der Waals surface area contributed by atoms with E-state index in [0.29, 0.717) is 46.5 Å². The topological polar surface area (TPSA) is 151 Å². The average molecular weight is 651 g/mol. The maximum absolute atomic E-state index is 12.8. The molecule has 0 heterocycles. The van der Waals surface area contributed by atoms with Crippen molar-refractivity contribution in [1.29, 1.82) is 0 Å². The number of rotatable bonds is 14. The van der Waals surface area contributed by atoms with Gasteiger partial charge in [0, 0.05) is 37.8 Å². The molecule has 0 aliphatic rings. The van der Waals surface area contributed by atoms with Gasteiger partial charge in [0.25, 0.3) is 0 Å². The van der Waals surface area contributed by atoms with Crippen LogP contribution in [0.5, 0.6) is 11.5 Å². The van der Waals surface area contributed by atoms with Gasteiger partial charge in [0.15, 0.2) is 11.6 Å². The number of nitrogens with one attached hydrogen (secondary N) is 2. The first kappa shape index (κ1) is 36.4. The molecule has 0 saturated carbocycles. The zero-order valence-electron chi connectivity index (χ0n) is 25.8. The van der Waals surface area contributed by atoms with E-state index >= 15 is 0 Å². The Balaban J connectivity index is 0.00000576. The largest absolute Gasteiger partial charge is 1.00 e. The zero-order valence-corrected chi connectivity index (χ0v) is 28.7. The van der Waals surface area contributed by atoms with Gasteiger partial charge < -0.3 is 24.6 Å². The molecule has 4 aromatic rings. The Labute approximate surface area is 289 Å². The van der Waals surface area contributed by atoms with Crippen molar-refractivity contribution >= 4 is 42.6 Å². The second-order valence-corrected chi connectivity index (χ2v) is 11.5. The maximum Gasteiger partial charge on any atom is 1.00 e. The molecule has 0 fully saturated rings. The number of anilines is 2. The SMILES string of the molecule is CC(=O)Nc1ccccc1C(=O)CCc1cccc(OP(=O)([O-])Oc2cccc(CCC(=O)c3ccccc3NC(C)=O)c2)c1.[Na+]. The molecule has 4 aromatic carbocycles. The van der Waals surface area contributed by atoms with Gasteiger partial charge >= 0.3 is 37.4 Å². The Kier molecular flexibility index (Phi) is 13.5. The van der Waals surface area contributed by atoms with E-state index in [0.717, 1.165) is 0 Å². The van der Waals surface area contributed by atoms with Gasteiger partial charge in [0.1, 0.15) is 11.5 Å². The third-order valence-corrected chi connectivity index (χ3v) is 7.46. The van der Waals surface area contributed by atoms with Gasteiger partial charge in [-0.1, -0.05) is 48.5 Å². The molecule has 0 atom stereocenters. The van der Waals surface area contributed by atoms with Crippen LogP contribution in [-0.2, 0) is 27.0 Å². The summed E-state index contributed by atoms with van der Waals surface area (Å²) < 4.78 is 23.1. The molecule has 10 nitrogen and oxygen atoms in total. The fourth-order valence-electron chi connectivity index (χ4n) is 4.63. The Bertz CT molecular complexity index is 1650. The first-order valence-corrected chi connectivity index (χ1v) is 15.6. The van der Waals surface area contributed by atoms with E-state index in [1.165, 1.54) is 38.1 Å². The molecule has 2 N–H and O–H groups in total. The van der Waals surface area contributed by atoms with Crippen LogP contribution in [0.25, 0.3) is 0 Å². The Morgan fingerprint density at radius 2 is 1.02 bits per heavy atom. The molecule has 46 heavy (non-hydrogen) atoms. The number of carbonyl (C=O) groups is 4. The van der Waals surface area contributed by atoms with Gasteiger partial charge in [-0.05, 0) is 72.5 Å². The van der Waals surface area contributed by atoms with Gasteiger partial charge in [0.2, 0.25) is 11.8 Å². The number of aryl methyl sites for hydroxylation is 2. The quantitative estimate of drug-likeness (QED) is 0.120. The van der Waals surface area contributed by atoms with Gasteiger partial charge in [-0.15, -0.1) is 0 Å². The van der Waals surface area contributed by atoms with Crippen LogP contribution in [0, 0.1) is 0 Å². The molecule has 232 valence electrons. The fraction of sp³-hybridized carbons (Fsp3) is 0.176. The van der Waals surface area contributed by atoms with E-state index in [4.69, 9.17) is 9.05 Å². The summed E-state index contributed by atoms with van der Waals surface area (Å²) in [5, 5.41) is 5.30. The molecule has 0 spiro atoms. The minimum absolute atomic E-state index is 0. The summed E-state index contributed by atoms with van der Waals surface area (Å²) in [7, 11) is -4.85. The monoisotopic (exact) mass is 650 g/mol. The summed E-state index contributed by atoms with van der Waals surface area (Å²) in [6.07, 6.45) is 0.869. The number of amides is 2. The summed E-state index contributed by atoms with van der Waals surface area (Å²) in [6.45, 7) is 2.73. The second-order valence-electron chi connectivity index (χ2n) is 10.2. The predicted octanol–water partition coefficient (Wildman–Crippen LogP) is 3.16. The molecule has 0 saturated heterocycles. The van der Waals surface area contributed by atoms with Crippen LogP contribution in [0.15, 0.2) is 97.1 Å². The molecule has 12 heteroatoms. The number of ketones is 2. The molecule has 0 unspecified atom stereocenters. The standard InChI is InChI=1S/C34H33N2O8P.Na/c1-23(37)35-31-15-5-3-13-29(31)33(39)19-17-25-9-7-11-27(21-25)43-45(41,42)44-28-12-8-10-26(22-28)18-20-34(40)30-14-4-6-16-32(30)36-24(2)38;/h3-16,21-22H,17-20H2,1-2H3,(H,35,37)(H,36,38)(H,41,42);/q;+1/p-1. The Morgan fingerprint density at radius 3 is 1.41 bits per heavy atom. The summed E-state index contributed by atoms with van der Waals surface area (Å²) in [6, 6.07) is 26.1. The number of para-hydroxylation sites is 2. The van der Waals surface area contributed by atoms with E-state index in [-0.39, 0.29) is 77.3 Å². The van der Waals surface area contributed by atoms with Crippen LogP contribution < -0.4 is 54.1 Å². The van der Waals surface area contributed by atoms with Crippen molar-refractivity contribution in [2.45, 2.75) is 39.5 Å². The number of benzene rings is 4. The van der Waals surface area contributed by atoms with E-state index < -0.39 is 7.82 Å². The van der Waals surface area contributed by atoms with Crippen LogP contribution in [0.4, 0.5) is 11.4 Å². The van der Waals surface area contributed by atoms with Crippen molar-refractivity contribution < 1.29 is 67.2 Å². The van der Waals surface area contributed by atoms with Crippen LogP contribution in [0.2, 0.25) is 0 Å². The number of carbonyl (C=O) groups excluding carboxylic acids is 4. The summed E-state index contributed by atoms with van der Waals surface area (Å²) in [4.78, 5) is 61.4. The molecule has 2 amide bonds. The molecule has 0 aliphatic heterocycles. The van der Waals surface area contributed by atoms with Gasteiger partial charge in [-0.2, -0.15) is 0 Å². The summed E-state index contributed by atoms with van der Waals surface area (Å²) in [5.74, 6) is -0.878. The van der Waals surface area contributed by atoms with E-state index in [1.807, 2.05) is 0 Å². The normalized spacial score (nSPS) is 10.7. The molecule has 4 rings (SSSR count). The van der Waals surface area contributed by atoms with Crippen molar-refractivity contribution in [3.8, 4) is 11.5 Å². The van der Waals surface area contributed by atoms with Crippen LogP contribution in [0.3, 0.4) is 0 Å². The Hall–Kier alpha value is -4.05. The minimum atomic E-state index is -4.85.